The lowest BCUT2D eigenvalue weighted by Crippen LogP contribution is -2.26. The maximum Gasteiger partial charge on any atom is 0.220 e. The zero-order valence-corrected chi connectivity index (χ0v) is 9.15. The van der Waals surface area contributed by atoms with Gasteiger partial charge < -0.3 is 10.6 Å². The third-order valence-electron chi connectivity index (χ3n) is 2.73. The number of amides is 1. The number of nitrogens with zero attached hydrogens (tertiary/aromatic N) is 2. The van der Waals surface area contributed by atoms with Crippen molar-refractivity contribution in [3.8, 4) is 0 Å². The average molecular weight is 220 g/mol. The van der Waals surface area contributed by atoms with Gasteiger partial charge in [0.2, 0.25) is 5.91 Å². The first-order chi connectivity index (χ1) is 7.84. The molecule has 0 spiro atoms. The molecule has 0 aliphatic carbocycles. The van der Waals surface area contributed by atoms with Crippen molar-refractivity contribution in [2.24, 2.45) is 5.92 Å². The van der Waals surface area contributed by atoms with Gasteiger partial charge in [-0.3, -0.25) is 4.79 Å². The van der Waals surface area contributed by atoms with E-state index in [9.17, 15) is 4.79 Å². The highest BCUT2D eigenvalue weighted by Gasteiger charge is 2.17. The monoisotopic (exact) mass is 220 g/mol. The summed E-state index contributed by atoms with van der Waals surface area (Å²) in [4.78, 5) is 11.6. The van der Waals surface area contributed by atoms with Crippen LogP contribution in [0.25, 0.3) is 0 Å². The van der Waals surface area contributed by atoms with Gasteiger partial charge in [0.25, 0.3) is 0 Å². The van der Waals surface area contributed by atoms with Gasteiger partial charge in [0, 0.05) is 12.6 Å². The Balaban J connectivity index is 1.71. The molecule has 5 nitrogen and oxygen atoms in total. The molecule has 2 N–H and O–H groups in total. The van der Waals surface area contributed by atoms with Gasteiger partial charge in [0.15, 0.2) is 0 Å². The van der Waals surface area contributed by atoms with Gasteiger partial charge >= 0.3 is 0 Å². The van der Waals surface area contributed by atoms with Crippen LogP contribution in [-0.2, 0) is 11.3 Å². The zero-order chi connectivity index (χ0) is 11.2. The van der Waals surface area contributed by atoms with Crippen molar-refractivity contribution < 1.29 is 4.79 Å². The molecule has 0 aromatic carbocycles. The lowest BCUT2D eigenvalue weighted by Gasteiger charge is -2.08. The maximum absolute atomic E-state index is 11.6. The van der Waals surface area contributed by atoms with Crippen LogP contribution in [0.3, 0.4) is 0 Å². The smallest absolute Gasteiger partial charge is 0.220 e. The Labute approximate surface area is 94.6 Å². The highest BCUT2D eigenvalue weighted by Crippen LogP contribution is 2.11. The minimum absolute atomic E-state index is 0.0966. The molecule has 1 amide bonds. The van der Waals surface area contributed by atoms with Crippen LogP contribution in [0.4, 0.5) is 0 Å². The predicted molar refractivity (Wildman–Crippen MR) is 59.5 cm³/mol. The topological polar surface area (TPSA) is 66.9 Å². The Morgan fingerprint density at radius 3 is 3.25 bits per heavy atom. The second-order valence-corrected chi connectivity index (χ2v) is 4.05. The molecule has 1 aromatic rings. The van der Waals surface area contributed by atoms with Crippen molar-refractivity contribution in [1.82, 2.24) is 20.8 Å². The third kappa shape index (κ3) is 3.27. The standard InChI is InChI=1S/C11H16N4O/c16-11(6-9-3-5-12-7-9)13-8-10-2-1-4-14-15-10/h1-2,4,9,12H,3,5-8H2,(H,13,16). The first-order valence-electron chi connectivity index (χ1n) is 5.58. The Bertz CT molecular complexity index is 335. The van der Waals surface area contributed by atoms with Gasteiger partial charge in [-0.25, -0.2) is 0 Å². The van der Waals surface area contributed by atoms with Crippen LogP contribution in [0.5, 0.6) is 0 Å². The van der Waals surface area contributed by atoms with Gasteiger partial charge in [-0.1, -0.05) is 0 Å². The van der Waals surface area contributed by atoms with E-state index in [0.717, 1.165) is 25.2 Å². The van der Waals surface area contributed by atoms with Crippen LogP contribution in [0.15, 0.2) is 18.3 Å². The molecule has 1 fully saturated rings. The molecule has 16 heavy (non-hydrogen) atoms. The predicted octanol–water partition coefficient (Wildman–Crippen LogP) is 0.0924. The van der Waals surface area contributed by atoms with Gasteiger partial charge in [0.1, 0.15) is 0 Å². The highest BCUT2D eigenvalue weighted by molar-refractivity contribution is 5.76. The second kappa shape index (κ2) is 5.55. The molecule has 1 atom stereocenters. The summed E-state index contributed by atoms with van der Waals surface area (Å²) in [7, 11) is 0. The minimum Gasteiger partial charge on any atom is -0.350 e. The third-order valence-corrected chi connectivity index (χ3v) is 2.73. The quantitative estimate of drug-likeness (QED) is 0.755. The molecule has 86 valence electrons. The van der Waals surface area contributed by atoms with Crippen LogP contribution < -0.4 is 10.6 Å². The first-order valence-corrected chi connectivity index (χ1v) is 5.58. The van der Waals surface area contributed by atoms with Crippen LogP contribution in [0.1, 0.15) is 18.5 Å². The molecule has 2 heterocycles. The fraction of sp³-hybridized carbons (Fsp3) is 0.545. The number of hydrogen-bond donors (Lipinski definition) is 2. The number of hydrogen-bond acceptors (Lipinski definition) is 4. The first kappa shape index (κ1) is 11.0. The number of aromatic nitrogens is 2. The Hall–Kier alpha value is -1.49. The van der Waals surface area contributed by atoms with E-state index in [1.165, 1.54) is 0 Å². The zero-order valence-electron chi connectivity index (χ0n) is 9.15. The molecule has 1 aliphatic heterocycles. The average Bonchev–Trinajstić information content (AvgIpc) is 2.81. The number of carbonyl (C=O) groups is 1. The molecule has 1 saturated heterocycles. The summed E-state index contributed by atoms with van der Waals surface area (Å²) in [5, 5.41) is 13.8. The normalized spacial score (nSPS) is 19.6. The van der Waals surface area contributed by atoms with Gasteiger partial charge in [0.05, 0.1) is 12.2 Å². The fourth-order valence-corrected chi connectivity index (χ4v) is 1.84. The SMILES string of the molecule is O=C(CC1CCNC1)NCc1cccnn1. The lowest BCUT2D eigenvalue weighted by atomic mass is 10.0. The minimum atomic E-state index is 0.0966. The molecule has 0 bridgehead atoms. The van der Waals surface area contributed by atoms with E-state index in [1.54, 1.807) is 6.20 Å². The molecular weight excluding hydrogens is 204 g/mol. The fourth-order valence-electron chi connectivity index (χ4n) is 1.84. The number of rotatable bonds is 4. The number of carbonyl (C=O) groups excluding carboxylic acids is 1. The molecule has 2 rings (SSSR count). The van der Waals surface area contributed by atoms with Gasteiger partial charge in [-0.05, 0) is 37.6 Å². The molecule has 0 saturated carbocycles. The summed E-state index contributed by atoms with van der Waals surface area (Å²) >= 11 is 0. The van der Waals surface area contributed by atoms with Crippen molar-refractivity contribution in [1.29, 1.82) is 0 Å². The van der Waals surface area contributed by atoms with E-state index >= 15 is 0 Å². The van der Waals surface area contributed by atoms with E-state index in [-0.39, 0.29) is 5.91 Å². The molecule has 1 unspecified atom stereocenters. The van der Waals surface area contributed by atoms with E-state index in [1.807, 2.05) is 12.1 Å². The molecule has 0 radical (unpaired) electrons. The maximum atomic E-state index is 11.6. The highest BCUT2D eigenvalue weighted by atomic mass is 16.1. The summed E-state index contributed by atoms with van der Waals surface area (Å²) in [6, 6.07) is 3.67. The summed E-state index contributed by atoms with van der Waals surface area (Å²) in [6.07, 6.45) is 3.32. The van der Waals surface area contributed by atoms with Crippen LogP contribution in [-0.4, -0.2) is 29.2 Å². The van der Waals surface area contributed by atoms with Gasteiger partial charge in [-0.15, -0.1) is 0 Å². The Morgan fingerprint density at radius 2 is 2.56 bits per heavy atom. The summed E-state index contributed by atoms with van der Waals surface area (Å²) < 4.78 is 0. The lowest BCUT2D eigenvalue weighted by molar-refractivity contribution is -0.122. The molecular formula is C11H16N4O. The van der Waals surface area contributed by atoms with Crippen molar-refractivity contribution in [3.05, 3.63) is 24.0 Å². The molecule has 5 heteroatoms. The van der Waals surface area contributed by atoms with Crippen molar-refractivity contribution in [3.63, 3.8) is 0 Å². The van der Waals surface area contributed by atoms with Crippen LogP contribution >= 0.6 is 0 Å². The second-order valence-electron chi connectivity index (χ2n) is 4.05. The van der Waals surface area contributed by atoms with Crippen LogP contribution in [0, 0.1) is 5.92 Å². The summed E-state index contributed by atoms with van der Waals surface area (Å²) in [5.41, 5.74) is 0.792. The Kier molecular flexibility index (Phi) is 3.82. The van der Waals surface area contributed by atoms with Crippen molar-refractivity contribution in [2.75, 3.05) is 13.1 Å². The largest absolute Gasteiger partial charge is 0.350 e. The molecule has 1 aromatic heterocycles. The van der Waals surface area contributed by atoms with Gasteiger partial charge in [-0.2, -0.15) is 10.2 Å². The van der Waals surface area contributed by atoms with E-state index in [0.29, 0.717) is 18.9 Å². The summed E-state index contributed by atoms with van der Waals surface area (Å²) in [5.74, 6) is 0.584. The van der Waals surface area contributed by atoms with E-state index in [4.69, 9.17) is 0 Å². The van der Waals surface area contributed by atoms with E-state index in [2.05, 4.69) is 20.8 Å². The summed E-state index contributed by atoms with van der Waals surface area (Å²) in [6.45, 7) is 2.45. The number of nitrogens with one attached hydrogen (secondary N) is 2. The van der Waals surface area contributed by atoms with E-state index < -0.39 is 0 Å². The molecule has 1 aliphatic rings. The van der Waals surface area contributed by atoms with Crippen molar-refractivity contribution >= 4 is 5.91 Å². The van der Waals surface area contributed by atoms with Crippen LogP contribution in [0.2, 0.25) is 0 Å². The Morgan fingerprint density at radius 1 is 1.62 bits per heavy atom. The van der Waals surface area contributed by atoms with Crippen molar-refractivity contribution in [2.45, 2.75) is 19.4 Å².